The van der Waals surface area contributed by atoms with Crippen molar-refractivity contribution in [2.75, 3.05) is 13.1 Å². The molecule has 4 aliphatic carbocycles. The van der Waals surface area contributed by atoms with Crippen LogP contribution in [0.15, 0.2) is 0 Å². The van der Waals surface area contributed by atoms with Crippen molar-refractivity contribution in [3.05, 3.63) is 0 Å². The van der Waals surface area contributed by atoms with Crippen molar-refractivity contribution in [3.63, 3.8) is 0 Å². The lowest BCUT2D eigenvalue weighted by Gasteiger charge is -2.61. The molecule has 1 saturated heterocycles. The molecule has 2 unspecified atom stereocenters. The number of rotatable bonds is 1. The van der Waals surface area contributed by atoms with E-state index in [1.54, 1.807) is 0 Å². The van der Waals surface area contributed by atoms with Crippen LogP contribution < -0.4 is 0 Å². The zero-order valence-electron chi connectivity index (χ0n) is 17.2. The summed E-state index contributed by atoms with van der Waals surface area (Å²) in [5.41, 5.74) is 0.240. The minimum atomic E-state index is -0.551. The fraction of sp³-hybridized carbons (Fsp3) is 1.00. The molecule has 0 spiro atoms. The number of nitrogens with zero attached hydrogens (tertiary/aromatic N) is 1. The van der Waals surface area contributed by atoms with E-state index in [-0.39, 0.29) is 16.9 Å². The molecule has 5 rings (SSSR count). The Hall–Kier alpha value is -0.160. The van der Waals surface area contributed by atoms with Crippen molar-refractivity contribution in [3.8, 4) is 0 Å². The van der Waals surface area contributed by atoms with Crippen LogP contribution in [0.1, 0.15) is 71.6 Å². The Morgan fingerprint density at radius 2 is 1.56 bits per heavy atom. The maximum Gasteiger partial charge on any atom is 0.0804 e. The number of fused-ring (bicyclic) bond motifs is 5. The molecule has 27 heavy (non-hydrogen) atoms. The Bertz CT molecular complexity index is 578. The van der Waals surface area contributed by atoms with Gasteiger partial charge in [0.05, 0.1) is 18.3 Å². The molecule has 0 bridgehead atoms. The molecule has 0 aromatic heterocycles. The standard InChI is InChI=1S/C23H39NO3/c1-22-8-7-16-15(6-5-14-11-19(25)20(26)13-23(14,16)2)17(22)12-18(21(22)27)24-9-3-4-10-24/h14-21,25-27H,3-13H2,1-2H3/t14-,15+,16-,17-,18-,19?,20?,21-,22-,23-/m0/s1. The van der Waals surface area contributed by atoms with Crippen molar-refractivity contribution < 1.29 is 15.3 Å². The van der Waals surface area contributed by atoms with Crippen LogP contribution in [-0.2, 0) is 0 Å². The molecule has 4 saturated carbocycles. The molecule has 0 amide bonds. The van der Waals surface area contributed by atoms with Gasteiger partial charge in [0.2, 0.25) is 0 Å². The van der Waals surface area contributed by atoms with Crippen molar-refractivity contribution in [2.24, 2.45) is 34.5 Å². The molecule has 3 N–H and O–H groups in total. The van der Waals surface area contributed by atoms with Gasteiger partial charge < -0.3 is 15.3 Å². The van der Waals surface area contributed by atoms with Crippen molar-refractivity contribution in [1.82, 2.24) is 4.90 Å². The zero-order valence-corrected chi connectivity index (χ0v) is 17.2. The Labute approximate surface area is 164 Å². The highest BCUT2D eigenvalue weighted by molar-refractivity contribution is 5.13. The minimum Gasteiger partial charge on any atom is -0.391 e. The molecule has 10 atom stereocenters. The zero-order chi connectivity index (χ0) is 19.0. The van der Waals surface area contributed by atoms with E-state index in [0.717, 1.165) is 19.3 Å². The monoisotopic (exact) mass is 377 g/mol. The van der Waals surface area contributed by atoms with Crippen molar-refractivity contribution in [2.45, 2.75) is 96.0 Å². The summed E-state index contributed by atoms with van der Waals surface area (Å²) in [4.78, 5) is 2.58. The fourth-order valence-electron chi connectivity index (χ4n) is 8.68. The SMILES string of the molecule is C[C@]12CC(O)C(O)C[C@@H]1CC[C@@H]1[C@@H]2CC[C@]2(C)[C@@H](O)[C@@H](N3CCCC3)C[C@@H]12. The maximum atomic E-state index is 11.4. The highest BCUT2D eigenvalue weighted by atomic mass is 16.3. The lowest BCUT2D eigenvalue weighted by atomic mass is 9.45. The Morgan fingerprint density at radius 1 is 0.815 bits per heavy atom. The normalized spacial score (nSPS) is 58.6. The van der Waals surface area contributed by atoms with Gasteiger partial charge in [0.15, 0.2) is 0 Å². The number of hydrogen-bond donors (Lipinski definition) is 3. The second-order valence-corrected chi connectivity index (χ2v) is 11.3. The summed E-state index contributed by atoms with van der Waals surface area (Å²) in [7, 11) is 0. The Kier molecular flexibility index (Phi) is 4.48. The summed E-state index contributed by atoms with van der Waals surface area (Å²) in [5, 5.41) is 32.0. The van der Waals surface area contributed by atoms with Crippen LogP contribution in [0, 0.1) is 34.5 Å². The number of likely N-dealkylation sites (tertiary alicyclic amines) is 1. The summed E-state index contributed by atoms with van der Waals surface area (Å²) in [5.74, 6) is 2.52. The summed E-state index contributed by atoms with van der Waals surface area (Å²) < 4.78 is 0. The van der Waals surface area contributed by atoms with Crippen LogP contribution in [0.5, 0.6) is 0 Å². The van der Waals surface area contributed by atoms with E-state index in [1.165, 1.54) is 51.6 Å². The van der Waals surface area contributed by atoms with E-state index in [1.807, 2.05) is 0 Å². The molecule has 0 aromatic carbocycles. The quantitative estimate of drug-likeness (QED) is 0.657. The second kappa shape index (κ2) is 6.42. The van der Waals surface area contributed by atoms with E-state index in [0.29, 0.717) is 29.7 Å². The van der Waals surface area contributed by atoms with E-state index in [9.17, 15) is 15.3 Å². The molecule has 0 radical (unpaired) electrons. The summed E-state index contributed by atoms with van der Waals surface area (Å²) >= 11 is 0. The molecule has 1 heterocycles. The molecule has 154 valence electrons. The van der Waals surface area contributed by atoms with E-state index < -0.39 is 12.2 Å². The molecular weight excluding hydrogens is 338 g/mol. The van der Waals surface area contributed by atoms with Crippen LogP contribution in [0.2, 0.25) is 0 Å². The molecule has 5 aliphatic rings. The van der Waals surface area contributed by atoms with Crippen LogP contribution >= 0.6 is 0 Å². The van der Waals surface area contributed by atoms with E-state index in [2.05, 4.69) is 18.7 Å². The molecule has 4 nitrogen and oxygen atoms in total. The van der Waals surface area contributed by atoms with Gasteiger partial charge in [-0.2, -0.15) is 0 Å². The fourth-order valence-corrected chi connectivity index (χ4v) is 8.68. The first-order valence-corrected chi connectivity index (χ1v) is 11.6. The van der Waals surface area contributed by atoms with Crippen LogP contribution in [0.3, 0.4) is 0 Å². The van der Waals surface area contributed by atoms with Gasteiger partial charge in [-0.25, -0.2) is 0 Å². The smallest absolute Gasteiger partial charge is 0.0804 e. The Balaban J connectivity index is 1.42. The van der Waals surface area contributed by atoms with E-state index in [4.69, 9.17) is 0 Å². The number of aliphatic hydroxyl groups excluding tert-OH is 3. The van der Waals surface area contributed by atoms with Crippen molar-refractivity contribution in [1.29, 1.82) is 0 Å². The topological polar surface area (TPSA) is 63.9 Å². The summed E-state index contributed by atoms with van der Waals surface area (Å²) in [6.45, 7) is 7.13. The lowest BCUT2D eigenvalue weighted by Crippen LogP contribution is -2.57. The second-order valence-electron chi connectivity index (χ2n) is 11.3. The average Bonchev–Trinajstić information content (AvgIpc) is 3.24. The van der Waals surface area contributed by atoms with Gasteiger partial charge in [-0.3, -0.25) is 4.90 Å². The largest absolute Gasteiger partial charge is 0.391 e. The van der Waals surface area contributed by atoms with Crippen molar-refractivity contribution >= 4 is 0 Å². The van der Waals surface area contributed by atoms with Crippen LogP contribution in [0.25, 0.3) is 0 Å². The van der Waals surface area contributed by atoms with Gasteiger partial charge in [0.25, 0.3) is 0 Å². The highest BCUT2D eigenvalue weighted by Crippen LogP contribution is 2.66. The van der Waals surface area contributed by atoms with Gasteiger partial charge >= 0.3 is 0 Å². The third-order valence-electron chi connectivity index (χ3n) is 10.3. The molecule has 1 aliphatic heterocycles. The lowest BCUT2D eigenvalue weighted by molar-refractivity contribution is -0.163. The molecule has 5 fully saturated rings. The third-order valence-corrected chi connectivity index (χ3v) is 10.3. The predicted molar refractivity (Wildman–Crippen MR) is 105 cm³/mol. The average molecular weight is 378 g/mol. The first kappa shape index (κ1) is 18.8. The predicted octanol–water partition coefficient (Wildman–Crippen LogP) is 2.80. The number of aliphatic hydroxyl groups is 3. The summed E-state index contributed by atoms with van der Waals surface area (Å²) in [6, 6.07) is 0.366. The minimum absolute atomic E-state index is 0.0738. The molecule has 0 aromatic rings. The van der Waals surface area contributed by atoms with E-state index >= 15 is 0 Å². The van der Waals surface area contributed by atoms with Gasteiger partial charge in [0.1, 0.15) is 0 Å². The van der Waals surface area contributed by atoms with Gasteiger partial charge in [-0.1, -0.05) is 13.8 Å². The number of hydrogen-bond acceptors (Lipinski definition) is 4. The molecule has 4 heteroatoms. The first-order chi connectivity index (χ1) is 12.8. The highest BCUT2D eigenvalue weighted by Gasteiger charge is 2.63. The summed E-state index contributed by atoms with van der Waals surface area (Å²) in [6.07, 6.45) is 8.81. The first-order valence-electron chi connectivity index (χ1n) is 11.6. The maximum absolute atomic E-state index is 11.4. The van der Waals surface area contributed by atoms with Crippen LogP contribution in [-0.4, -0.2) is 57.7 Å². The van der Waals surface area contributed by atoms with Gasteiger partial charge in [-0.05, 0) is 105 Å². The van der Waals surface area contributed by atoms with Crippen LogP contribution in [0.4, 0.5) is 0 Å². The third kappa shape index (κ3) is 2.62. The van der Waals surface area contributed by atoms with Gasteiger partial charge in [0, 0.05) is 6.04 Å². The Morgan fingerprint density at radius 3 is 2.30 bits per heavy atom. The molecular formula is C23H39NO3. The van der Waals surface area contributed by atoms with Gasteiger partial charge in [-0.15, -0.1) is 0 Å².